The van der Waals surface area contributed by atoms with E-state index >= 15 is 0 Å². The quantitative estimate of drug-likeness (QED) is 0.260. The maximum Gasteiger partial charge on any atom is 0.244 e. The number of imidazole rings is 1. The summed E-state index contributed by atoms with van der Waals surface area (Å²) in [6, 6.07) is 0. The highest BCUT2D eigenvalue weighted by molar-refractivity contribution is 14.1. The van der Waals surface area contributed by atoms with Crippen LogP contribution in [0.4, 0.5) is 0 Å². The van der Waals surface area contributed by atoms with Crippen LogP contribution in [0, 0.1) is 0 Å². The number of aryl methyl sites for hydroxylation is 1. The molecule has 0 saturated carbocycles. The molecular formula is C12H22BrIN2. The Labute approximate surface area is 123 Å². The SMILES string of the molecule is CCCCCCCCn1cc[n+](CI)c1.[Br-]. The van der Waals surface area contributed by atoms with Gasteiger partial charge in [0.05, 0.1) is 6.54 Å². The molecule has 16 heavy (non-hydrogen) atoms. The normalized spacial score (nSPS) is 10.1. The van der Waals surface area contributed by atoms with Crippen molar-refractivity contribution in [3.05, 3.63) is 18.7 Å². The van der Waals surface area contributed by atoms with Gasteiger partial charge in [-0.15, -0.1) is 0 Å². The average Bonchev–Trinajstić information content (AvgIpc) is 2.71. The van der Waals surface area contributed by atoms with Crippen molar-refractivity contribution in [3.8, 4) is 0 Å². The molecule has 4 heteroatoms. The minimum Gasteiger partial charge on any atom is -1.00 e. The summed E-state index contributed by atoms with van der Waals surface area (Å²) in [6.07, 6.45) is 14.8. The Morgan fingerprint density at radius 2 is 1.81 bits per heavy atom. The van der Waals surface area contributed by atoms with E-state index in [-0.39, 0.29) is 17.0 Å². The molecule has 0 unspecified atom stereocenters. The Hall–Kier alpha value is 0.420. The predicted octanol–water partition coefficient (Wildman–Crippen LogP) is 0.533. The first kappa shape index (κ1) is 16.4. The molecule has 1 aromatic rings. The van der Waals surface area contributed by atoms with Gasteiger partial charge in [-0.05, 0) is 35.4 Å². The van der Waals surface area contributed by atoms with Gasteiger partial charge in [0, 0.05) is 0 Å². The molecule has 1 aromatic heterocycles. The van der Waals surface area contributed by atoms with E-state index < -0.39 is 0 Å². The highest BCUT2D eigenvalue weighted by Gasteiger charge is 2.00. The summed E-state index contributed by atoms with van der Waals surface area (Å²) < 4.78 is 5.54. The van der Waals surface area contributed by atoms with Gasteiger partial charge < -0.3 is 17.0 Å². The third kappa shape index (κ3) is 6.89. The fourth-order valence-corrected chi connectivity index (χ4v) is 2.12. The zero-order chi connectivity index (χ0) is 10.9. The highest BCUT2D eigenvalue weighted by Crippen LogP contribution is 2.05. The van der Waals surface area contributed by atoms with Crippen LogP contribution in [-0.4, -0.2) is 4.57 Å². The second-order valence-corrected chi connectivity index (χ2v) is 4.74. The molecule has 0 aliphatic carbocycles. The molecule has 0 amide bonds. The zero-order valence-corrected chi connectivity index (χ0v) is 13.8. The summed E-state index contributed by atoms with van der Waals surface area (Å²) in [7, 11) is 0. The third-order valence-corrected chi connectivity index (χ3v) is 3.44. The van der Waals surface area contributed by atoms with Crippen molar-refractivity contribution in [1.29, 1.82) is 0 Å². The second-order valence-electron chi connectivity index (χ2n) is 4.05. The van der Waals surface area contributed by atoms with Crippen LogP contribution in [0.1, 0.15) is 45.4 Å². The Kier molecular flexibility index (Phi) is 10.8. The van der Waals surface area contributed by atoms with Gasteiger partial charge in [0.25, 0.3) is 0 Å². The average molecular weight is 401 g/mol. The van der Waals surface area contributed by atoms with E-state index in [1.54, 1.807) is 0 Å². The lowest BCUT2D eigenvalue weighted by molar-refractivity contribution is -0.670. The van der Waals surface area contributed by atoms with Crippen molar-refractivity contribution in [2.24, 2.45) is 0 Å². The third-order valence-electron chi connectivity index (χ3n) is 2.65. The van der Waals surface area contributed by atoms with Crippen LogP contribution in [0.15, 0.2) is 18.7 Å². The molecule has 0 spiro atoms. The van der Waals surface area contributed by atoms with Gasteiger partial charge in [-0.25, -0.2) is 9.13 Å². The predicted molar refractivity (Wildman–Crippen MR) is 72.0 cm³/mol. The monoisotopic (exact) mass is 400 g/mol. The molecule has 1 rings (SSSR count). The molecule has 0 aromatic carbocycles. The van der Waals surface area contributed by atoms with E-state index in [4.69, 9.17) is 0 Å². The summed E-state index contributed by atoms with van der Waals surface area (Å²) in [6.45, 7) is 3.44. The number of hydrogen-bond donors (Lipinski definition) is 0. The molecular weight excluding hydrogens is 379 g/mol. The molecule has 0 atom stereocenters. The Morgan fingerprint density at radius 1 is 1.12 bits per heavy atom. The molecule has 0 radical (unpaired) electrons. The van der Waals surface area contributed by atoms with Gasteiger partial charge in [0.15, 0.2) is 0 Å². The number of aromatic nitrogens is 2. The van der Waals surface area contributed by atoms with Crippen LogP contribution >= 0.6 is 22.6 Å². The molecule has 1 heterocycles. The van der Waals surface area contributed by atoms with Crippen LogP contribution in [0.2, 0.25) is 0 Å². The van der Waals surface area contributed by atoms with Gasteiger partial charge in [0.1, 0.15) is 16.9 Å². The van der Waals surface area contributed by atoms with Gasteiger partial charge in [-0.1, -0.05) is 32.6 Å². The largest absolute Gasteiger partial charge is 1.00 e. The van der Waals surface area contributed by atoms with Gasteiger partial charge >= 0.3 is 0 Å². The Morgan fingerprint density at radius 3 is 2.44 bits per heavy atom. The summed E-state index contributed by atoms with van der Waals surface area (Å²) in [5.74, 6) is 0. The number of rotatable bonds is 8. The van der Waals surface area contributed by atoms with Crippen LogP contribution < -0.4 is 21.5 Å². The van der Waals surface area contributed by atoms with Crippen LogP contribution in [0.5, 0.6) is 0 Å². The van der Waals surface area contributed by atoms with E-state index in [9.17, 15) is 0 Å². The number of unbranched alkanes of at least 4 members (excludes halogenated alkanes) is 5. The summed E-state index contributed by atoms with van der Waals surface area (Å²) in [5, 5.41) is 0. The van der Waals surface area contributed by atoms with Crippen molar-refractivity contribution in [2.75, 3.05) is 0 Å². The van der Waals surface area contributed by atoms with Crippen LogP contribution in [0.25, 0.3) is 0 Å². The summed E-state index contributed by atoms with van der Waals surface area (Å²) in [4.78, 5) is 0. The molecule has 94 valence electrons. The lowest BCUT2D eigenvalue weighted by atomic mass is 10.1. The van der Waals surface area contributed by atoms with Crippen molar-refractivity contribution >= 4 is 22.6 Å². The molecule has 0 aliphatic heterocycles. The molecule has 0 aliphatic rings. The number of halogens is 2. The molecule has 0 saturated heterocycles. The van der Waals surface area contributed by atoms with E-state index in [0.29, 0.717) is 0 Å². The first-order valence-electron chi connectivity index (χ1n) is 5.97. The lowest BCUT2D eigenvalue weighted by Gasteiger charge is -1.98. The van der Waals surface area contributed by atoms with Crippen molar-refractivity contribution in [3.63, 3.8) is 0 Å². The number of hydrogen-bond acceptors (Lipinski definition) is 0. The van der Waals surface area contributed by atoms with E-state index in [1.165, 1.54) is 45.1 Å². The van der Waals surface area contributed by atoms with Crippen molar-refractivity contribution < 1.29 is 21.5 Å². The minimum atomic E-state index is 0. The summed E-state index contributed by atoms with van der Waals surface area (Å²) >= 11 is 2.38. The van der Waals surface area contributed by atoms with Crippen LogP contribution in [-0.2, 0) is 11.1 Å². The van der Waals surface area contributed by atoms with Gasteiger partial charge in [-0.2, -0.15) is 0 Å². The zero-order valence-electron chi connectivity index (χ0n) is 10.0. The van der Waals surface area contributed by atoms with Gasteiger partial charge in [0.2, 0.25) is 6.33 Å². The first-order valence-corrected chi connectivity index (χ1v) is 7.50. The highest BCUT2D eigenvalue weighted by atomic mass is 127. The fraction of sp³-hybridized carbons (Fsp3) is 0.750. The van der Waals surface area contributed by atoms with Crippen molar-refractivity contribution in [2.45, 2.75) is 56.5 Å². The van der Waals surface area contributed by atoms with Crippen LogP contribution in [0.3, 0.4) is 0 Å². The standard InChI is InChI=1S/C12H22IN2.BrH/c1-2-3-4-5-6-7-8-14-9-10-15(11-13)12-14;/h9-10,12H,2-8,11H2,1H3;1H/q+1;/p-1. The number of alkyl halides is 1. The fourth-order valence-electron chi connectivity index (χ4n) is 1.72. The topological polar surface area (TPSA) is 8.81 Å². The molecule has 0 N–H and O–H groups in total. The maximum absolute atomic E-state index is 2.38. The first-order chi connectivity index (χ1) is 7.36. The Bertz CT molecular complexity index is 263. The minimum absolute atomic E-state index is 0. The lowest BCUT2D eigenvalue weighted by Crippen LogP contribution is -3.00. The van der Waals surface area contributed by atoms with Crippen molar-refractivity contribution in [1.82, 2.24) is 4.57 Å². The molecule has 0 fully saturated rings. The smallest absolute Gasteiger partial charge is 0.244 e. The van der Waals surface area contributed by atoms with E-state index in [0.717, 1.165) is 4.55 Å². The van der Waals surface area contributed by atoms with Gasteiger partial charge in [-0.3, -0.25) is 0 Å². The molecule has 2 nitrogen and oxygen atoms in total. The van der Waals surface area contributed by atoms with E-state index in [2.05, 4.69) is 57.4 Å². The Balaban J connectivity index is 0.00000225. The molecule has 0 bridgehead atoms. The maximum atomic E-state index is 2.38. The number of nitrogens with zero attached hydrogens (tertiary/aromatic N) is 2. The summed E-state index contributed by atoms with van der Waals surface area (Å²) in [5.41, 5.74) is 0. The van der Waals surface area contributed by atoms with E-state index in [1.807, 2.05) is 0 Å². The second kappa shape index (κ2) is 10.6.